The van der Waals surface area contributed by atoms with Crippen molar-refractivity contribution >= 4 is 23.2 Å². The standard InChI is InChI=1S/C26H22N4O2/c1-18(31)29-15-14-20-16-21(12-13-24(20)29)27-26(32)23-17-30(22-10-6-3-7-11-22)28-25(23)19-8-4-2-5-9-19/h2-13,16-17H,14-15H2,1H3,(H,27,32). The average molecular weight is 422 g/mol. The van der Waals surface area contributed by atoms with Crippen molar-refractivity contribution in [1.82, 2.24) is 9.78 Å². The Morgan fingerprint density at radius 3 is 2.38 bits per heavy atom. The van der Waals surface area contributed by atoms with Crippen molar-refractivity contribution in [2.75, 3.05) is 16.8 Å². The lowest BCUT2D eigenvalue weighted by Crippen LogP contribution is -2.25. The number of carbonyl (C=O) groups excluding carboxylic acids is 2. The fourth-order valence-corrected chi connectivity index (χ4v) is 4.07. The largest absolute Gasteiger partial charge is 0.322 e. The van der Waals surface area contributed by atoms with Gasteiger partial charge in [0.1, 0.15) is 5.69 Å². The molecule has 1 N–H and O–H groups in total. The van der Waals surface area contributed by atoms with E-state index in [4.69, 9.17) is 5.10 Å². The molecule has 158 valence electrons. The molecule has 0 radical (unpaired) electrons. The Balaban J connectivity index is 1.48. The van der Waals surface area contributed by atoms with Crippen molar-refractivity contribution in [3.63, 3.8) is 0 Å². The van der Waals surface area contributed by atoms with Gasteiger partial charge in [-0.2, -0.15) is 5.10 Å². The molecular weight excluding hydrogens is 400 g/mol. The van der Waals surface area contributed by atoms with E-state index in [1.807, 2.05) is 78.9 Å². The van der Waals surface area contributed by atoms with Crippen LogP contribution in [0.5, 0.6) is 0 Å². The van der Waals surface area contributed by atoms with Gasteiger partial charge in [-0.25, -0.2) is 4.68 Å². The smallest absolute Gasteiger partial charge is 0.259 e. The highest BCUT2D eigenvalue weighted by Gasteiger charge is 2.23. The molecule has 0 bridgehead atoms. The molecule has 0 atom stereocenters. The van der Waals surface area contributed by atoms with E-state index >= 15 is 0 Å². The van der Waals surface area contributed by atoms with Crippen LogP contribution in [0.2, 0.25) is 0 Å². The Kier molecular flexibility index (Phi) is 5.03. The molecule has 2 amide bonds. The molecule has 1 aliphatic rings. The van der Waals surface area contributed by atoms with Gasteiger partial charge < -0.3 is 10.2 Å². The predicted octanol–water partition coefficient (Wildman–Crippen LogP) is 4.70. The van der Waals surface area contributed by atoms with Gasteiger partial charge in [-0.3, -0.25) is 9.59 Å². The fourth-order valence-electron chi connectivity index (χ4n) is 4.07. The van der Waals surface area contributed by atoms with E-state index in [2.05, 4.69) is 5.32 Å². The minimum absolute atomic E-state index is 0.0290. The van der Waals surface area contributed by atoms with E-state index in [-0.39, 0.29) is 11.8 Å². The zero-order valence-electron chi connectivity index (χ0n) is 17.7. The first-order chi connectivity index (χ1) is 15.6. The van der Waals surface area contributed by atoms with Crippen LogP contribution < -0.4 is 10.2 Å². The number of benzene rings is 3. The van der Waals surface area contributed by atoms with Crippen molar-refractivity contribution in [1.29, 1.82) is 0 Å². The number of fused-ring (bicyclic) bond motifs is 1. The van der Waals surface area contributed by atoms with E-state index in [9.17, 15) is 9.59 Å². The van der Waals surface area contributed by atoms with Crippen LogP contribution in [0.3, 0.4) is 0 Å². The lowest BCUT2D eigenvalue weighted by Gasteiger charge is -2.15. The molecule has 32 heavy (non-hydrogen) atoms. The third-order valence-corrected chi connectivity index (χ3v) is 5.64. The monoisotopic (exact) mass is 422 g/mol. The molecule has 6 nitrogen and oxygen atoms in total. The number of amides is 2. The molecule has 0 unspecified atom stereocenters. The quantitative estimate of drug-likeness (QED) is 0.518. The van der Waals surface area contributed by atoms with E-state index in [1.165, 1.54) is 0 Å². The summed E-state index contributed by atoms with van der Waals surface area (Å²) in [4.78, 5) is 26.9. The van der Waals surface area contributed by atoms with Gasteiger partial charge >= 0.3 is 0 Å². The van der Waals surface area contributed by atoms with E-state index < -0.39 is 0 Å². The number of hydrogen-bond acceptors (Lipinski definition) is 3. The van der Waals surface area contributed by atoms with Crippen molar-refractivity contribution in [2.45, 2.75) is 13.3 Å². The zero-order chi connectivity index (χ0) is 22.1. The Morgan fingerprint density at radius 2 is 1.66 bits per heavy atom. The number of rotatable bonds is 4. The number of carbonyl (C=O) groups is 2. The van der Waals surface area contributed by atoms with Crippen molar-refractivity contribution in [3.8, 4) is 16.9 Å². The summed E-state index contributed by atoms with van der Waals surface area (Å²) in [5.41, 5.74) is 5.54. The molecule has 3 aromatic carbocycles. The van der Waals surface area contributed by atoms with Gasteiger partial charge in [0.05, 0.1) is 11.3 Å². The van der Waals surface area contributed by atoms with Crippen LogP contribution in [0.15, 0.2) is 85.1 Å². The van der Waals surface area contributed by atoms with Gasteiger partial charge in [0.2, 0.25) is 5.91 Å². The number of para-hydroxylation sites is 1. The maximum absolute atomic E-state index is 13.3. The number of anilines is 2. The van der Waals surface area contributed by atoms with Gasteiger partial charge in [0, 0.05) is 36.6 Å². The van der Waals surface area contributed by atoms with Crippen LogP contribution in [0, 0.1) is 0 Å². The summed E-state index contributed by atoms with van der Waals surface area (Å²) < 4.78 is 1.73. The van der Waals surface area contributed by atoms with Gasteiger partial charge in [0.25, 0.3) is 5.91 Å². The molecule has 0 aliphatic carbocycles. The summed E-state index contributed by atoms with van der Waals surface area (Å²) >= 11 is 0. The topological polar surface area (TPSA) is 67.2 Å². The summed E-state index contributed by atoms with van der Waals surface area (Å²) in [5, 5.41) is 7.72. The van der Waals surface area contributed by atoms with Crippen molar-refractivity contribution in [2.24, 2.45) is 0 Å². The average Bonchev–Trinajstić information content (AvgIpc) is 3.45. The zero-order valence-corrected chi connectivity index (χ0v) is 17.7. The van der Waals surface area contributed by atoms with E-state index in [1.54, 1.807) is 22.7 Å². The van der Waals surface area contributed by atoms with Gasteiger partial charge in [-0.05, 0) is 42.3 Å². The summed E-state index contributed by atoms with van der Waals surface area (Å²) in [6.45, 7) is 2.24. The second kappa shape index (κ2) is 8.15. The summed E-state index contributed by atoms with van der Waals surface area (Å²) in [6.07, 6.45) is 2.54. The van der Waals surface area contributed by atoms with E-state index in [0.717, 1.165) is 28.9 Å². The van der Waals surface area contributed by atoms with Crippen molar-refractivity contribution in [3.05, 3.63) is 96.2 Å². The number of hydrogen-bond donors (Lipinski definition) is 1. The molecule has 0 fully saturated rings. The van der Waals surface area contributed by atoms with Crippen LogP contribution in [0.1, 0.15) is 22.8 Å². The normalized spacial score (nSPS) is 12.5. The molecule has 1 aromatic heterocycles. The van der Waals surface area contributed by atoms with Crippen LogP contribution >= 0.6 is 0 Å². The first kappa shape index (κ1) is 19.8. The van der Waals surface area contributed by atoms with Crippen LogP contribution in [0.25, 0.3) is 16.9 Å². The van der Waals surface area contributed by atoms with Gasteiger partial charge in [-0.15, -0.1) is 0 Å². The highest BCUT2D eigenvalue weighted by atomic mass is 16.2. The van der Waals surface area contributed by atoms with Gasteiger partial charge in [-0.1, -0.05) is 48.5 Å². The lowest BCUT2D eigenvalue weighted by atomic mass is 10.1. The van der Waals surface area contributed by atoms with Gasteiger partial charge in [0.15, 0.2) is 0 Å². The molecule has 5 rings (SSSR count). The molecule has 6 heteroatoms. The minimum Gasteiger partial charge on any atom is -0.322 e. The summed E-state index contributed by atoms with van der Waals surface area (Å²) in [7, 11) is 0. The highest BCUT2D eigenvalue weighted by Crippen LogP contribution is 2.31. The second-order valence-electron chi connectivity index (χ2n) is 7.76. The van der Waals surface area contributed by atoms with Crippen LogP contribution in [0.4, 0.5) is 11.4 Å². The second-order valence-corrected chi connectivity index (χ2v) is 7.76. The summed E-state index contributed by atoms with van der Waals surface area (Å²) in [5.74, 6) is -0.200. The Bertz CT molecular complexity index is 1300. The fraction of sp³-hybridized carbons (Fsp3) is 0.115. The number of aromatic nitrogens is 2. The molecule has 0 saturated carbocycles. The van der Waals surface area contributed by atoms with Crippen molar-refractivity contribution < 1.29 is 9.59 Å². The third kappa shape index (κ3) is 3.67. The first-order valence-corrected chi connectivity index (χ1v) is 10.5. The van der Waals surface area contributed by atoms with Crippen LogP contribution in [-0.2, 0) is 11.2 Å². The lowest BCUT2D eigenvalue weighted by molar-refractivity contribution is -0.116. The maximum Gasteiger partial charge on any atom is 0.259 e. The summed E-state index contributed by atoms with van der Waals surface area (Å²) in [6, 6.07) is 25.1. The van der Waals surface area contributed by atoms with Crippen LogP contribution in [-0.4, -0.2) is 28.1 Å². The molecule has 1 aliphatic heterocycles. The van der Waals surface area contributed by atoms with E-state index in [0.29, 0.717) is 23.5 Å². The number of nitrogens with zero attached hydrogens (tertiary/aromatic N) is 3. The Morgan fingerprint density at radius 1 is 0.938 bits per heavy atom. The minimum atomic E-state index is -0.229. The molecular formula is C26H22N4O2. The molecule has 4 aromatic rings. The first-order valence-electron chi connectivity index (χ1n) is 10.5. The Labute approximate surface area is 186 Å². The molecule has 2 heterocycles. The third-order valence-electron chi connectivity index (χ3n) is 5.64. The Hall–Kier alpha value is -4.19. The number of nitrogens with one attached hydrogen (secondary N) is 1. The maximum atomic E-state index is 13.3. The molecule has 0 saturated heterocycles. The SMILES string of the molecule is CC(=O)N1CCc2cc(NC(=O)c3cn(-c4ccccc4)nc3-c3ccccc3)ccc21. The molecule has 0 spiro atoms. The predicted molar refractivity (Wildman–Crippen MR) is 125 cm³/mol. The highest BCUT2D eigenvalue weighted by molar-refractivity contribution is 6.08.